The average Bonchev–Trinajstić information content (AvgIpc) is 2.64. The number of ether oxygens (including phenoxy) is 1. The molecule has 0 radical (unpaired) electrons. The van der Waals surface area contributed by atoms with Gasteiger partial charge in [0, 0.05) is 19.5 Å². The van der Waals surface area contributed by atoms with Crippen LogP contribution in [0.5, 0.6) is 5.75 Å². The number of nitrogens with one attached hydrogen (secondary N) is 2. The molecule has 2 amide bonds. The Morgan fingerprint density at radius 3 is 2.31 bits per heavy atom. The van der Waals surface area contributed by atoms with Gasteiger partial charge in [-0.2, -0.15) is 0 Å². The van der Waals surface area contributed by atoms with Gasteiger partial charge in [0.05, 0.1) is 13.5 Å². The number of hydrogen-bond acceptors (Lipinski definition) is 3. The summed E-state index contributed by atoms with van der Waals surface area (Å²) in [5, 5.41) is 5.50. The lowest BCUT2D eigenvalue weighted by atomic mass is 10.1. The number of halogens is 1. The van der Waals surface area contributed by atoms with E-state index in [2.05, 4.69) is 10.6 Å². The summed E-state index contributed by atoms with van der Waals surface area (Å²) in [7, 11) is 1.41. The van der Waals surface area contributed by atoms with Crippen molar-refractivity contribution in [2.24, 2.45) is 0 Å². The van der Waals surface area contributed by atoms with Crippen LogP contribution in [0, 0.1) is 5.82 Å². The van der Waals surface area contributed by atoms with Gasteiger partial charge in [0.25, 0.3) is 0 Å². The van der Waals surface area contributed by atoms with Crippen molar-refractivity contribution in [3.8, 4) is 5.75 Å². The molecule has 0 aliphatic heterocycles. The predicted molar refractivity (Wildman–Crippen MR) is 97.4 cm³/mol. The number of amides is 2. The number of rotatable bonds is 9. The molecule has 0 heterocycles. The zero-order valence-electron chi connectivity index (χ0n) is 14.8. The molecule has 0 bridgehead atoms. The zero-order valence-corrected chi connectivity index (χ0v) is 14.8. The van der Waals surface area contributed by atoms with Crippen LogP contribution in [-0.2, 0) is 22.4 Å². The third kappa shape index (κ3) is 6.55. The third-order valence-corrected chi connectivity index (χ3v) is 3.83. The smallest absolute Gasteiger partial charge is 0.224 e. The first-order valence-electron chi connectivity index (χ1n) is 8.48. The van der Waals surface area contributed by atoms with E-state index in [-0.39, 0.29) is 24.0 Å². The molecule has 0 saturated carbocycles. The standard InChI is InChI=1S/C20H23FN2O3/c1-26-18-9-7-16(13-17(18)21)8-10-19(24)22-11-12-23-20(25)14-15-5-3-2-4-6-15/h2-7,9,13H,8,10-12,14H2,1H3,(H,22,24)(H,23,25). The van der Waals surface area contributed by atoms with Crippen molar-refractivity contribution in [3.63, 3.8) is 0 Å². The molecule has 0 aromatic heterocycles. The fraction of sp³-hybridized carbons (Fsp3) is 0.300. The zero-order chi connectivity index (χ0) is 18.8. The van der Waals surface area contributed by atoms with Gasteiger partial charge in [-0.25, -0.2) is 4.39 Å². The van der Waals surface area contributed by atoms with Crippen molar-refractivity contribution >= 4 is 11.8 Å². The van der Waals surface area contributed by atoms with Crippen LogP contribution in [0.1, 0.15) is 17.5 Å². The maximum absolute atomic E-state index is 13.6. The molecular weight excluding hydrogens is 335 g/mol. The molecule has 0 aliphatic rings. The molecule has 138 valence electrons. The minimum Gasteiger partial charge on any atom is -0.494 e. The lowest BCUT2D eigenvalue weighted by Gasteiger charge is -2.08. The fourth-order valence-electron chi connectivity index (χ4n) is 2.46. The summed E-state index contributed by atoms with van der Waals surface area (Å²) in [6.45, 7) is 0.727. The van der Waals surface area contributed by atoms with Crippen molar-refractivity contribution in [1.82, 2.24) is 10.6 Å². The van der Waals surface area contributed by atoms with Crippen LogP contribution >= 0.6 is 0 Å². The summed E-state index contributed by atoms with van der Waals surface area (Å²) in [5.41, 5.74) is 1.68. The Bertz CT molecular complexity index is 735. The topological polar surface area (TPSA) is 67.4 Å². The monoisotopic (exact) mass is 358 g/mol. The maximum atomic E-state index is 13.6. The number of aryl methyl sites for hydroxylation is 1. The van der Waals surface area contributed by atoms with E-state index < -0.39 is 5.82 Å². The Kier molecular flexibility index (Phi) is 7.61. The minimum absolute atomic E-state index is 0.0841. The van der Waals surface area contributed by atoms with Gasteiger partial charge in [-0.3, -0.25) is 9.59 Å². The highest BCUT2D eigenvalue weighted by Gasteiger charge is 2.07. The fourth-order valence-corrected chi connectivity index (χ4v) is 2.46. The molecule has 0 atom stereocenters. The summed E-state index contributed by atoms with van der Waals surface area (Å²) in [6, 6.07) is 14.1. The summed E-state index contributed by atoms with van der Waals surface area (Å²) < 4.78 is 18.4. The van der Waals surface area contributed by atoms with Crippen LogP contribution < -0.4 is 15.4 Å². The van der Waals surface area contributed by atoms with Gasteiger partial charge in [0.2, 0.25) is 11.8 Å². The number of carbonyl (C=O) groups is 2. The second kappa shape index (κ2) is 10.2. The van der Waals surface area contributed by atoms with Crippen molar-refractivity contribution in [2.75, 3.05) is 20.2 Å². The summed E-state index contributed by atoms with van der Waals surface area (Å²) in [6.07, 6.45) is 1.01. The van der Waals surface area contributed by atoms with E-state index in [0.717, 1.165) is 11.1 Å². The van der Waals surface area contributed by atoms with Crippen LogP contribution in [0.25, 0.3) is 0 Å². The normalized spacial score (nSPS) is 10.2. The second-order valence-electron chi connectivity index (χ2n) is 5.83. The van der Waals surface area contributed by atoms with E-state index in [1.165, 1.54) is 13.2 Å². The van der Waals surface area contributed by atoms with Crippen molar-refractivity contribution in [2.45, 2.75) is 19.3 Å². The van der Waals surface area contributed by atoms with E-state index in [4.69, 9.17) is 4.74 Å². The van der Waals surface area contributed by atoms with Gasteiger partial charge in [-0.05, 0) is 29.7 Å². The molecule has 2 rings (SSSR count). The molecule has 6 heteroatoms. The van der Waals surface area contributed by atoms with E-state index in [0.29, 0.717) is 25.9 Å². The van der Waals surface area contributed by atoms with Gasteiger partial charge in [-0.15, -0.1) is 0 Å². The molecule has 0 saturated heterocycles. The van der Waals surface area contributed by atoms with Crippen LogP contribution in [-0.4, -0.2) is 32.0 Å². The van der Waals surface area contributed by atoms with Crippen LogP contribution in [0.15, 0.2) is 48.5 Å². The van der Waals surface area contributed by atoms with Gasteiger partial charge in [0.15, 0.2) is 11.6 Å². The minimum atomic E-state index is -0.438. The highest BCUT2D eigenvalue weighted by Crippen LogP contribution is 2.18. The van der Waals surface area contributed by atoms with Crippen LogP contribution in [0.3, 0.4) is 0 Å². The molecule has 0 spiro atoms. The molecule has 5 nitrogen and oxygen atoms in total. The van der Waals surface area contributed by atoms with Crippen molar-refractivity contribution in [3.05, 3.63) is 65.5 Å². The van der Waals surface area contributed by atoms with Gasteiger partial charge >= 0.3 is 0 Å². The number of benzene rings is 2. The van der Waals surface area contributed by atoms with Crippen molar-refractivity contribution < 1.29 is 18.7 Å². The number of hydrogen-bond donors (Lipinski definition) is 2. The van der Waals surface area contributed by atoms with Crippen LogP contribution in [0.4, 0.5) is 4.39 Å². The molecule has 2 aromatic carbocycles. The highest BCUT2D eigenvalue weighted by molar-refractivity contribution is 5.79. The van der Waals surface area contributed by atoms with E-state index in [1.807, 2.05) is 30.3 Å². The Morgan fingerprint density at radius 2 is 1.65 bits per heavy atom. The Labute approximate surface area is 152 Å². The number of carbonyl (C=O) groups excluding carboxylic acids is 2. The lowest BCUT2D eigenvalue weighted by molar-refractivity contribution is -0.122. The molecule has 0 unspecified atom stereocenters. The Balaban J connectivity index is 1.61. The predicted octanol–water partition coefficient (Wildman–Crippen LogP) is 2.24. The summed E-state index contributed by atoms with van der Waals surface area (Å²) in [5.74, 6) is -0.478. The van der Waals surface area contributed by atoms with Gasteiger partial charge < -0.3 is 15.4 Å². The first-order chi connectivity index (χ1) is 12.6. The molecule has 0 fully saturated rings. The second-order valence-corrected chi connectivity index (χ2v) is 5.83. The van der Waals surface area contributed by atoms with Crippen LogP contribution in [0.2, 0.25) is 0 Å². The Morgan fingerprint density at radius 1 is 0.962 bits per heavy atom. The van der Waals surface area contributed by atoms with E-state index >= 15 is 0 Å². The SMILES string of the molecule is COc1ccc(CCC(=O)NCCNC(=O)Cc2ccccc2)cc1F. The third-order valence-electron chi connectivity index (χ3n) is 3.83. The first kappa shape index (κ1) is 19.4. The summed E-state index contributed by atoms with van der Waals surface area (Å²) >= 11 is 0. The average molecular weight is 358 g/mol. The molecule has 2 N–H and O–H groups in total. The van der Waals surface area contributed by atoms with Gasteiger partial charge in [0.1, 0.15) is 0 Å². The summed E-state index contributed by atoms with van der Waals surface area (Å²) in [4.78, 5) is 23.6. The van der Waals surface area contributed by atoms with E-state index in [1.54, 1.807) is 12.1 Å². The molecule has 26 heavy (non-hydrogen) atoms. The van der Waals surface area contributed by atoms with E-state index in [9.17, 15) is 14.0 Å². The van der Waals surface area contributed by atoms with Crippen molar-refractivity contribution in [1.29, 1.82) is 0 Å². The molecule has 0 aliphatic carbocycles. The Hall–Kier alpha value is -2.89. The first-order valence-corrected chi connectivity index (χ1v) is 8.48. The molecule has 2 aromatic rings. The number of methoxy groups -OCH3 is 1. The molecular formula is C20H23FN2O3. The largest absolute Gasteiger partial charge is 0.494 e. The lowest BCUT2D eigenvalue weighted by Crippen LogP contribution is -2.35. The maximum Gasteiger partial charge on any atom is 0.224 e. The van der Waals surface area contributed by atoms with Gasteiger partial charge in [-0.1, -0.05) is 36.4 Å². The highest BCUT2D eigenvalue weighted by atomic mass is 19.1. The quantitative estimate of drug-likeness (QED) is 0.676.